The lowest BCUT2D eigenvalue weighted by Crippen LogP contribution is -2.59. The van der Waals surface area contributed by atoms with Crippen LogP contribution in [0.5, 0.6) is 0 Å². The van der Waals surface area contributed by atoms with Crippen molar-refractivity contribution in [3.8, 4) is 0 Å². The van der Waals surface area contributed by atoms with Crippen molar-refractivity contribution in [1.29, 1.82) is 0 Å². The van der Waals surface area contributed by atoms with Crippen LogP contribution < -0.4 is 10.6 Å². The molecule has 0 bridgehead atoms. The Hall–Kier alpha value is -1.83. The first-order valence-electron chi connectivity index (χ1n) is 11.4. The van der Waals surface area contributed by atoms with E-state index >= 15 is 0 Å². The van der Waals surface area contributed by atoms with Gasteiger partial charge in [-0.25, -0.2) is 4.79 Å². The van der Waals surface area contributed by atoms with Gasteiger partial charge in [0.05, 0.1) is 6.04 Å². The summed E-state index contributed by atoms with van der Waals surface area (Å²) >= 11 is 0. The lowest BCUT2D eigenvalue weighted by molar-refractivity contribution is -0.129. The zero-order valence-corrected chi connectivity index (χ0v) is 17.8. The highest BCUT2D eigenvalue weighted by Gasteiger charge is 2.37. The summed E-state index contributed by atoms with van der Waals surface area (Å²) in [5.41, 5.74) is 0. The first kappa shape index (κ1) is 21.9. The predicted octanol–water partition coefficient (Wildman–Crippen LogP) is 1.02. The molecule has 0 radical (unpaired) electrons. The maximum absolute atomic E-state index is 13.1. The van der Waals surface area contributed by atoms with Crippen molar-refractivity contribution >= 4 is 17.8 Å². The van der Waals surface area contributed by atoms with E-state index in [1.807, 2.05) is 16.7 Å². The topological polar surface area (TPSA) is 85.0 Å². The SMILES string of the molecule is CCNC(=O)N1CCN(C(C(=O)NCCCN2CCCC2=O)C2CCCC2)CC1. The van der Waals surface area contributed by atoms with E-state index in [2.05, 4.69) is 15.5 Å². The standard InChI is InChI=1S/C21H37N5O3/c1-2-22-21(29)26-15-13-25(14-16-26)19(17-7-3-4-8-17)20(28)23-10-6-12-24-11-5-9-18(24)27/h17,19H,2-16H2,1H3,(H,22,29)(H,23,28). The number of piperazine rings is 1. The minimum Gasteiger partial charge on any atom is -0.355 e. The quantitative estimate of drug-likeness (QED) is 0.589. The van der Waals surface area contributed by atoms with Gasteiger partial charge >= 0.3 is 6.03 Å². The van der Waals surface area contributed by atoms with Crippen LogP contribution in [0.25, 0.3) is 0 Å². The van der Waals surface area contributed by atoms with Crippen molar-refractivity contribution in [2.75, 3.05) is 52.4 Å². The van der Waals surface area contributed by atoms with E-state index in [1.54, 1.807) is 0 Å². The van der Waals surface area contributed by atoms with Gasteiger partial charge in [-0.15, -0.1) is 0 Å². The summed E-state index contributed by atoms with van der Waals surface area (Å²) in [4.78, 5) is 42.9. The number of nitrogens with zero attached hydrogens (tertiary/aromatic N) is 3. The second-order valence-electron chi connectivity index (χ2n) is 8.48. The molecule has 4 amide bonds. The molecule has 1 aliphatic carbocycles. The molecular weight excluding hydrogens is 370 g/mol. The third-order valence-corrected chi connectivity index (χ3v) is 6.51. The molecular formula is C21H37N5O3. The molecule has 0 aromatic carbocycles. The Kier molecular flexibility index (Phi) is 8.15. The van der Waals surface area contributed by atoms with Gasteiger partial charge in [-0.2, -0.15) is 0 Å². The Morgan fingerprint density at radius 2 is 1.76 bits per heavy atom. The first-order valence-corrected chi connectivity index (χ1v) is 11.4. The Balaban J connectivity index is 1.48. The molecule has 2 saturated heterocycles. The van der Waals surface area contributed by atoms with Gasteiger partial charge in [0.15, 0.2) is 0 Å². The summed E-state index contributed by atoms with van der Waals surface area (Å²) in [6, 6.07) is -0.104. The lowest BCUT2D eigenvalue weighted by Gasteiger charge is -2.40. The van der Waals surface area contributed by atoms with Gasteiger partial charge in [0.2, 0.25) is 11.8 Å². The molecule has 8 heteroatoms. The highest BCUT2D eigenvalue weighted by molar-refractivity contribution is 5.82. The fourth-order valence-electron chi connectivity index (χ4n) is 4.94. The summed E-state index contributed by atoms with van der Waals surface area (Å²) in [5.74, 6) is 0.771. The molecule has 0 aromatic heterocycles. The summed E-state index contributed by atoms with van der Waals surface area (Å²) in [6.07, 6.45) is 7.04. The fourth-order valence-corrected chi connectivity index (χ4v) is 4.94. The molecule has 3 aliphatic rings. The molecule has 1 atom stereocenters. The molecule has 2 N–H and O–H groups in total. The third-order valence-electron chi connectivity index (χ3n) is 6.51. The van der Waals surface area contributed by atoms with Gasteiger partial charge in [0.25, 0.3) is 0 Å². The molecule has 1 saturated carbocycles. The van der Waals surface area contributed by atoms with E-state index in [1.165, 1.54) is 12.8 Å². The molecule has 164 valence electrons. The normalized spacial score (nSPS) is 22.2. The average molecular weight is 408 g/mol. The maximum Gasteiger partial charge on any atom is 0.317 e. The van der Waals surface area contributed by atoms with E-state index in [0.29, 0.717) is 38.5 Å². The van der Waals surface area contributed by atoms with Crippen LogP contribution in [0.1, 0.15) is 51.9 Å². The van der Waals surface area contributed by atoms with E-state index in [0.717, 1.165) is 51.9 Å². The summed E-state index contributed by atoms with van der Waals surface area (Å²) < 4.78 is 0. The Bertz CT molecular complexity index is 571. The highest BCUT2D eigenvalue weighted by atomic mass is 16.2. The molecule has 3 rings (SSSR count). The third kappa shape index (κ3) is 5.84. The van der Waals surface area contributed by atoms with E-state index < -0.39 is 0 Å². The monoisotopic (exact) mass is 407 g/mol. The van der Waals surface area contributed by atoms with Gasteiger partial charge in [-0.3, -0.25) is 14.5 Å². The second kappa shape index (κ2) is 10.8. The van der Waals surface area contributed by atoms with Crippen LogP contribution in [0.2, 0.25) is 0 Å². The number of hydrogen-bond donors (Lipinski definition) is 2. The zero-order chi connectivity index (χ0) is 20.6. The fraction of sp³-hybridized carbons (Fsp3) is 0.857. The summed E-state index contributed by atoms with van der Waals surface area (Å²) in [7, 11) is 0. The summed E-state index contributed by atoms with van der Waals surface area (Å²) in [6.45, 7) is 7.58. The van der Waals surface area contributed by atoms with Crippen LogP contribution in [0.3, 0.4) is 0 Å². The van der Waals surface area contributed by atoms with E-state index in [4.69, 9.17) is 0 Å². The largest absolute Gasteiger partial charge is 0.355 e. The number of urea groups is 1. The molecule has 0 aromatic rings. The van der Waals surface area contributed by atoms with Gasteiger partial charge in [-0.05, 0) is 38.5 Å². The van der Waals surface area contributed by atoms with Crippen molar-refractivity contribution in [2.24, 2.45) is 5.92 Å². The van der Waals surface area contributed by atoms with Crippen LogP contribution in [0.15, 0.2) is 0 Å². The predicted molar refractivity (Wildman–Crippen MR) is 111 cm³/mol. The molecule has 3 fully saturated rings. The Morgan fingerprint density at radius 3 is 2.38 bits per heavy atom. The van der Waals surface area contributed by atoms with Crippen LogP contribution in [-0.2, 0) is 9.59 Å². The van der Waals surface area contributed by atoms with Crippen molar-refractivity contribution in [2.45, 2.75) is 57.9 Å². The van der Waals surface area contributed by atoms with Crippen LogP contribution >= 0.6 is 0 Å². The van der Waals surface area contributed by atoms with Gasteiger partial charge in [0.1, 0.15) is 0 Å². The number of carbonyl (C=O) groups is 3. The molecule has 0 spiro atoms. The van der Waals surface area contributed by atoms with E-state index in [9.17, 15) is 14.4 Å². The smallest absolute Gasteiger partial charge is 0.317 e. The number of nitrogens with one attached hydrogen (secondary N) is 2. The first-order chi connectivity index (χ1) is 14.1. The lowest BCUT2D eigenvalue weighted by atomic mass is 9.95. The molecule has 29 heavy (non-hydrogen) atoms. The number of rotatable bonds is 8. The number of amides is 4. The molecule has 1 unspecified atom stereocenters. The van der Waals surface area contributed by atoms with Crippen molar-refractivity contribution < 1.29 is 14.4 Å². The van der Waals surface area contributed by atoms with Crippen molar-refractivity contribution in [1.82, 2.24) is 25.3 Å². The van der Waals surface area contributed by atoms with E-state index in [-0.39, 0.29) is 23.9 Å². The van der Waals surface area contributed by atoms with Gasteiger partial charge in [-0.1, -0.05) is 12.8 Å². The maximum atomic E-state index is 13.1. The highest BCUT2D eigenvalue weighted by Crippen LogP contribution is 2.31. The minimum absolute atomic E-state index is 0.00882. The second-order valence-corrected chi connectivity index (χ2v) is 8.48. The van der Waals surface area contributed by atoms with Crippen molar-refractivity contribution in [3.63, 3.8) is 0 Å². The number of carbonyl (C=O) groups excluding carboxylic acids is 3. The average Bonchev–Trinajstić information content (AvgIpc) is 3.38. The molecule has 2 heterocycles. The minimum atomic E-state index is -0.0951. The van der Waals surface area contributed by atoms with Crippen LogP contribution in [-0.4, -0.2) is 90.9 Å². The number of hydrogen-bond acceptors (Lipinski definition) is 4. The van der Waals surface area contributed by atoms with Crippen LogP contribution in [0, 0.1) is 5.92 Å². The Morgan fingerprint density at radius 1 is 1.03 bits per heavy atom. The van der Waals surface area contributed by atoms with Crippen LogP contribution in [0.4, 0.5) is 4.79 Å². The molecule has 8 nitrogen and oxygen atoms in total. The summed E-state index contributed by atoms with van der Waals surface area (Å²) in [5, 5.41) is 6.00. The van der Waals surface area contributed by atoms with Gasteiger partial charge in [0, 0.05) is 58.8 Å². The number of likely N-dealkylation sites (tertiary alicyclic amines) is 1. The zero-order valence-electron chi connectivity index (χ0n) is 17.8. The van der Waals surface area contributed by atoms with Crippen molar-refractivity contribution in [3.05, 3.63) is 0 Å². The Labute approximate surface area is 174 Å². The molecule has 2 aliphatic heterocycles. The van der Waals surface area contributed by atoms with Gasteiger partial charge < -0.3 is 20.4 Å².